The first kappa shape index (κ1) is 24.4. The first-order valence-corrected chi connectivity index (χ1v) is 9.84. The second-order valence-corrected chi connectivity index (χ2v) is 8.23. The summed E-state index contributed by atoms with van der Waals surface area (Å²) >= 11 is 6.12. The molecule has 0 saturated heterocycles. The van der Waals surface area contributed by atoms with Crippen molar-refractivity contribution in [2.24, 2.45) is 5.73 Å². The second kappa shape index (κ2) is 9.95. The molecule has 158 valence electrons. The van der Waals surface area contributed by atoms with E-state index in [1.165, 1.54) is 16.3 Å². The minimum absolute atomic E-state index is 0. The van der Waals surface area contributed by atoms with Crippen LogP contribution in [0, 0.1) is 0 Å². The fourth-order valence-corrected chi connectivity index (χ4v) is 3.76. The van der Waals surface area contributed by atoms with E-state index in [4.69, 9.17) is 17.3 Å². The van der Waals surface area contributed by atoms with Gasteiger partial charge in [0.2, 0.25) is 0 Å². The van der Waals surface area contributed by atoms with Crippen molar-refractivity contribution in [2.75, 3.05) is 0 Å². The molecule has 0 saturated carbocycles. The fourth-order valence-electron chi connectivity index (χ4n) is 3.59. The SMILES string of the molecule is CC(C)(NCc1ccc2ccccc2c1)C(N)c1ccnc2cc(Cl)ccc12.Cl.Cl. The molecular formula is C24H26Cl3N3. The molecule has 0 bridgehead atoms. The maximum absolute atomic E-state index is 6.71. The molecule has 0 aliphatic rings. The number of aromatic nitrogens is 1. The normalized spacial score (nSPS) is 12.3. The average Bonchev–Trinajstić information content (AvgIpc) is 2.71. The van der Waals surface area contributed by atoms with Crippen molar-refractivity contribution in [3.63, 3.8) is 0 Å². The third kappa shape index (κ3) is 5.05. The Morgan fingerprint density at radius 3 is 2.47 bits per heavy atom. The van der Waals surface area contributed by atoms with Crippen molar-refractivity contribution in [1.29, 1.82) is 0 Å². The van der Waals surface area contributed by atoms with E-state index in [-0.39, 0.29) is 36.4 Å². The van der Waals surface area contributed by atoms with Gasteiger partial charge in [-0.15, -0.1) is 24.8 Å². The summed E-state index contributed by atoms with van der Waals surface area (Å²) in [6, 6.07) is 22.5. The van der Waals surface area contributed by atoms with Crippen LogP contribution in [0.4, 0.5) is 0 Å². The van der Waals surface area contributed by atoms with Crippen LogP contribution in [0.25, 0.3) is 21.7 Å². The van der Waals surface area contributed by atoms with E-state index >= 15 is 0 Å². The molecule has 30 heavy (non-hydrogen) atoms. The van der Waals surface area contributed by atoms with Crippen molar-refractivity contribution in [2.45, 2.75) is 32.0 Å². The van der Waals surface area contributed by atoms with Gasteiger partial charge >= 0.3 is 0 Å². The van der Waals surface area contributed by atoms with Gasteiger partial charge in [-0.05, 0) is 60.0 Å². The van der Waals surface area contributed by atoms with Gasteiger partial charge in [0.25, 0.3) is 0 Å². The molecule has 0 amide bonds. The van der Waals surface area contributed by atoms with E-state index in [0.29, 0.717) is 5.02 Å². The molecule has 4 aromatic rings. The highest BCUT2D eigenvalue weighted by Crippen LogP contribution is 2.30. The molecule has 0 aliphatic heterocycles. The van der Waals surface area contributed by atoms with Crippen LogP contribution in [0.2, 0.25) is 5.02 Å². The highest BCUT2D eigenvalue weighted by atomic mass is 35.5. The summed E-state index contributed by atoms with van der Waals surface area (Å²) < 4.78 is 0. The molecule has 0 fully saturated rings. The summed E-state index contributed by atoms with van der Waals surface area (Å²) in [5.41, 5.74) is 9.58. The van der Waals surface area contributed by atoms with Crippen LogP contribution in [0.15, 0.2) is 72.9 Å². The number of benzene rings is 3. The maximum Gasteiger partial charge on any atom is 0.0720 e. The molecule has 1 aromatic heterocycles. The standard InChI is InChI=1S/C24H24ClN3.2ClH/c1-24(2,28-15-16-7-8-17-5-3-4-6-18(17)13-16)23(26)21-11-12-27-22-14-19(25)9-10-20(21)22;;/h3-14,23,28H,15,26H2,1-2H3;2*1H. The maximum atomic E-state index is 6.71. The minimum atomic E-state index is -0.306. The number of hydrogen-bond donors (Lipinski definition) is 2. The largest absolute Gasteiger partial charge is 0.322 e. The molecule has 0 aliphatic carbocycles. The number of nitrogens with two attached hydrogens (primary N) is 1. The van der Waals surface area contributed by atoms with Crippen molar-refractivity contribution in [1.82, 2.24) is 10.3 Å². The summed E-state index contributed by atoms with van der Waals surface area (Å²) in [4.78, 5) is 4.43. The Bertz CT molecular complexity index is 1140. The summed E-state index contributed by atoms with van der Waals surface area (Å²) in [5.74, 6) is 0. The van der Waals surface area contributed by atoms with E-state index in [1.807, 2.05) is 24.3 Å². The van der Waals surface area contributed by atoms with Gasteiger partial charge in [-0.1, -0.05) is 54.1 Å². The number of nitrogens with zero attached hydrogens (tertiary/aromatic N) is 1. The van der Waals surface area contributed by atoms with Gasteiger partial charge in [0.1, 0.15) is 0 Å². The first-order valence-electron chi connectivity index (χ1n) is 9.46. The van der Waals surface area contributed by atoms with E-state index in [1.54, 1.807) is 6.20 Å². The Kier molecular flexibility index (Phi) is 8.09. The van der Waals surface area contributed by atoms with Gasteiger partial charge in [0.15, 0.2) is 0 Å². The lowest BCUT2D eigenvalue weighted by Gasteiger charge is -2.34. The lowest BCUT2D eigenvalue weighted by atomic mass is 9.87. The average molecular weight is 463 g/mol. The van der Waals surface area contributed by atoms with E-state index in [2.05, 4.69) is 66.6 Å². The molecule has 0 spiro atoms. The Labute approximate surface area is 194 Å². The van der Waals surface area contributed by atoms with Crippen molar-refractivity contribution >= 4 is 58.1 Å². The third-order valence-electron chi connectivity index (χ3n) is 5.41. The quantitative estimate of drug-likeness (QED) is 0.358. The van der Waals surface area contributed by atoms with Crippen LogP contribution in [0.3, 0.4) is 0 Å². The van der Waals surface area contributed by atoms with Gasteiger partial charge in [-0.2, -0.15) is 0 Å². The van der Waals surface area contributed by atoms with Gasteiger partial charge in [-0.25, -0.2) is 0 Å². The number of fused-ring (bicyclic) bond motifs is 2. The summed E-state index contributed by atoms with van der Waals surface area (Å²) in [7, 11) is 0. The second-order valence-electron chi connectivity index (χ2n) is 7.80. The zero-order valence-electron chi connectivity index (χ0n) is 16.9. The van der Waals surface area contributed by atoms with Crippen LogP contribution in [0.1, 0.15) is 31.0 Å². The topological polar surface area (TPSA) is 50.9 Å². The first-order chi connectivity index (χ1) is 13.4. The number of nitrogens with one attached hydrogen (secondary N) is 1. The lowest BCUT2D eigenvalue weighted by Crippen LogP contribution is -2.48. The highest BCUT2D eigenvalue weighted by molar-refractivity contribution is 6.31. The third-order valence-corrected chi connectivity index (χ3v) is 5.65. The van der Waals surface area contributed by atoms with Gasteiger partial charge in [0.05, 0.1) is 5.52 Å². The summed E-state index contributed by atoms with van der Waals surface area (Å²) in [6.45, 7) is 5.03. The number of halogens is 3. The molecular weight excluding hydrogens is 437 g/mol. The minimum Gasteiger partial charge on any atom is -0.322 e. The summed E-state index contributed by atoms with van der Waals surface area (Å²) in [5, 5.41) is 7.87. The molecule has 0 radical (unpaired) electrons. The van der Waals surface area contributed by atoms with E-state index in [0.717, 1.165) is 23.0 Å². The monoisotopic (exact) mass is 461 g/mol. The summed E-state index contributed by atoms with van der Waals surface area (Å²) in [6.07, 6.45) is 1.80. The zero-order valence-corrected chi connectivity index (χ0v) is 19.3. The van der Waals surface area contributed by atoms with Gasteiger partial charge in [-0.3, -0.25) is 4.98 Å². The van der Waals surface area contributed by atoms with E-state index < -0.39 is 0 Å². The lowest BCUT2D eigenvalue weighted by molar-refractivity contribution is 0.322. The molecule has 3 aromatic carbocycles. The van der Waals surface area contributed by atoms with Crippen LogP contribution < -0.4 is 11.1 Å². The van der Waals surface area contributed by atoms with Crippen molar-refractivity contribution in [3.8, 4) is 0 Å². The number of hydrogen-bond acceptors (Lipinski definition) is 3. The predicted molar refractivity (Wildman–Crippen MR) is 133 cm³/mol. The smallest absolute Gasteiger partial charge is 0.0720 e. The number of rotatable bonds is 5. The number of pyridine rings is 1. The van der Waals surface area contributed by atoms with Crippen molar-refractivity contribution < 1.29 is 0 Å². The van der Waals surface area contributed by atoms with Crippen LogP contribution in [0.5, 0.6) is 0 Å². The Morgan fingerprint density at radius 1 is 0.967 bits per heavy atom. The molecule has 1 heterocycles. The Hall–Kier alpha value is -1.88. The fraction of sp³-hybridized carbons (Fsp3) is 0.208. The Morgan fingerprint density at radius 2 is 1.70 bits per heavy atom. The van der Waals surface area contributed by atoms with Gasteiger partial charge in [0, 0.05) is 34.7 Å². The molecule has 3 nitrogen and oxygen atoms in total. The van der Waals surface area contributed by atoms with Crippen LogP contribution >= 0.6 is 36.4 Å². The van der Waals surface area contributed by atoms with E-state index in [9.17, 15) is 0 Å². The van der Waals surface area contributed by atoms with Crippen LogP contribution in [-0.4, -0.2) is 10.5 Å². The molecule has 6 heteroatoms. The molecule has 1 unspecified atom stereocenters. The Balaban J connectivity index is 0.00000160. The van der Waals surface area contributed by atoms with Crippen molar-refractivity contribution in [3.05, 3.63) is 89.1 Å². The molecule has 1 atom stereocenters. The highest BCUT2D eigenvalue weighted by Gasteiger charge is 2.28. The van der Waals surface area contributed by atoms with Crippen LogP contribution in [-0.2, 0) is 6.54 Å². The molecule has 3 N–H and O–H groups in total. The van der Waals surface area contributed by atoms with Gasteiger partial charge < -0.3 is 11.1 Å². The molecule has 4 rings (SSSR count). The zero-order chi connectivity index (χ0) is 19.7. The predicted octanol–water partition coefficient (Wildman–Crippen LogP) is 6.45.